The molecule has 0 spiro atoms. The molecule has 0 aliphatic heterocycles. The fourth-order valence-corrected chi connectivity index (χ4v) is 1.44. The molecular weight excluding hydrogens is 194 g/mol. The van der Waals surface area contributed by atoms with E-state index in [0.717, 1.165) is 12.8 Å². The summed E-state index contributed by atoms with van der Waals surface area (Å²) in [5.41, 5.74) is 0. The summed E-state index contributed by atoms with van der Waals surface area (Å²) in [6.45, 7) is 0.309. The van der Waals surface area contributed by atoms with Crippen LogP contribution in [0, 0.1) is 12.3 Å². The van der Waals surface area contributed by atoms with Crippen LogP contribution in [0.1, 0.15) is 32.1 Å². The van der Waals surface area contributed by atoms with Gasteiger partial charge in [0.15, 0.2) is 0 Å². The van der Waals surface area contributed by atoms with Crippen LogP contribution < -0.4 is 0 Å². The number of terminal acetylenes is 1. The third kappa shape index (κ3) is 4.03. The first-order valence-corrected chi connectivity index (χ1v) is 5.10. The van der Waals surface area contributed by atoms with E-state index < -0.39 is 5.97 Å². The van der Waals surface area contributed by atoms with E-state index in [-0.39, 0.29) is 18.4 Å². The zero-order valence-corrected chi connectivity index (χ0v) is 8.61. The van der Waals surface area contributed by atoms with Gasteiger partial charge in [-0.2, -0.15) is 0 Å². The molecule has 0 aromatic heterocycles. The van der Waals surface area contributed by atoms with E-state index in [1.54, 1.807) is 4.90 Å². The van der Waals surface area contributed by atoms with Crippen LogP contribution in [0.3, 0.4) is 0 Å². The Kier molecular flexibility index (Phi) is 4.17. The minimum absolute atomic E-state index is 0.0122. The first-order chi connectivity index (χ1) is 7.15. The Hall–Kier alpha value is -1.50. The van der Waals surface area contributed by atoms with Gasteiger partial charge in [0.25, 0.3) is 0 Å². The van der Waals surface area contributed by atoms with Crippen LogP contribution in [0.4, 0.5) is 0 Å². The Morgan fingerprint density at radius 3 is 2.53 bits per heavy atom. The van der Waals surface area contributed by atoms with Gasteiger partial charge in [-0.05, 0) is 12.8 Å². The average Bonchev–Trinajstić information content (AvgIpc) is 2.98. The summed E-state index contributed by atoms with van der Waals surface area (Å²) in [5, 5.41) is 8.55. The van der Waals surface area contributed by atoms with Crippen molar-refractivity contribution in [1.82, 2.24) is 4.90 Å². The van der Waals surface area contributed by atoms with Crippen molar-refractivity contribution >= 4 is 11.9 Å². The third-order valence-corrected chi connectivity index (χ3v) is 2.36. The molecule has 1 N–H and O–H groups in total. The molecule has 1 fully saturated rings. The number of hydrogen-bond donors (Lipinski definition) is 1. The van der Waals surface area contributed by atoms with E-state index in [0.29, 0.717) is 19.4 Å². The second-order valence-electron chi connectivity index (χ2n) is 3.67. The third-order valence-electron chi connectivity index (χ3n) is 2.36. The molecule has 82 valence electrons. The number of aliphatic carboxylic acids is 1. The Morgan fingerprint density at radius 1 is 1.40 bits per heavy atom. The second kappa shape index (κ2) is 5.40. The first kappa shape index (κ1) is 11.6. The lowest BCUT2D eigenvalue weighted by Crippen LogP contribution is -2.34. The van der Waals surface area contributed by atoms with Crippen molar-refractivity contribution in [3.05, 3.63) is 0 Å². The molecular formula is C11H15NO3. The topological polar surface area (TPSA) is 57.6 Å². The smallest absolute Gasteiger partial charge is 0.305 e. The predicted molar refractivity (Wildman–Crippen MR) is 55.1 cm³/mol. The van der Waals surface area contributed by atoms with Gasteiger partial charge in [0.05, 0.1) is 6.42 Å². The summed E-state index contributed by atoms with van der Waals surface area (Å²) in [7, 11) is 0. The van der Waals surface area contributed by atoms with E-state index in [1.807, 2.05) is 0 Å². The molecule has 0 bridgehead atoms. The normalized spacial score (nSPS) is 14.3. The van der Waals surface area contributed by atoms with Gasteiger partial charge in [0.2, 0.25) is 5.91 Å². The summed E-state index contributed by atoms with van der Waals surface area (Å²) < 4.78 is 0. The molecule has 1 amide bonds. The maximum Gasteiger partial charge on any atom is 0.305 e. The van der Waals surface area contributed by atoms with Crippen LogP contribution in [0.2, 0.25) is 0 Å². The maximum absolute atomic E-state index is 11.6. The molecule has 0 saturated heterocycles. The molecule has 0 aromatic carbocycles. The number of carbonyl (C=O) groups excluding carboxylic acids is 1. The quantitative estimate of drug-likeness (QED) is 0.660. The highest BCUT2D eigenvalue weighted by Gasteiger charge is 2.31. The molecule has 0 atom stereocenters. The highest BCUT2D eigenvalue weighted by atomic mass is 16.4. The largest absolute Gasteiger partial charge is 0.481 e. The summed E-state index contributed by atoms with van der Waals surface area (Å²) in [6, 6.07) is 0.259. The van der Waals surface area contributed by atoms with Crippen LogP contribution in [0.15, 0.2) is 0 Å². The van der Waals surface area contributed by atoms with Crippen LogP contribution in [0.5, 0.6) is 0 Å². The van der Waals surface area contributed by atoms with E-state index in [9.17, 15) is 9.59 Å². The van der Waals surface area contributed by atoms with Gasteiger partial charge in [-0.15, -0.1) is 12.3 Å². The van der Waals surface area contributed by atoms with Gasteiger partial charge in [-0.1, -0.05) is 0 Å². The lowest BCUT2D eigenvalue weighted by molar-refractivity contribution is -0.138. The zero-order valence-electron chi connectivity index (χ0n) is 8.61. The van der Waals surface area contributed by atoms with E-state index in [4.69, 9.17) is 11.5 Å². The highest BCUT2D eigenvalue weighted by molar-refractivity contribution is 5.78. The second-order valence-corrected chi connectivity index (χ2v) is 3.67. The Balaban J connectivity index is 2.39. The minimum atomic E-state index is -0.870. The molecule has 4 nitrogen and oxygen atoms in total. The fraction of sp³-hybridized carbons (Fsp3) is 0.636. The van der Waals surface area contributed by atoms with Crippen LogP contribution in [0.25, 0.3) is 0 Å². The molecule has 0 unspecified atom stereocenters. The monoisotopic (exact) mass is 209 g/mol. The lowest BCUT2D eigenvalue weighted by Gasteiger charge is -2.21. The molecule has 1 saturated carbocycles. The van der Waals surface area contributed by atoms with Crippen molar-refractivity contribution in [3.63, 3.8) is 0 Å². The van der Waals surface area contributed by atoms with Crippen molar-refractivity contribution in [2.45, 2.75) is 38.1 Å². The van der Waals surface area contributed by atoms with Gasteiger partial charge >= 0.3 is 5.97 Å². The number of nitrogens with zero attached hydrogens (tertiary/aromatic N) is 1. The SMILES string of the molecule is C#CCCC(=O)N(CCC(=O)O)C1CC1. The van der Waals surface area contributed by atoms with Crippen molar-refractivity contribution in [1.29, 1.82) is 0 Å². The first-order valence-electron chi connectivity index (χ1n) is 5.10. The summed E-state index contributed by atoms with van der Waals surface area (Å²) in [6.07, 6.45) is 7.81. The highest BCUT2D eigenvalue weighted by Crippen LogP contribution is 2.27. The molecule has 1 aliphatic rings. The van der Waals surface area contributed by atoms with Crippen molar-refractivity contribution in [2.75, 3.05) is 6.54 Å². The lowest BCUT2D eigenvalue weighted by atomic mass is 10.2. The summed E-state index contributed by atoms with van der Waals surface area (Å²) in [4.78, 5) is 23.7. The molecule has 1 aliphatic carbocycles. The van der Waals surface area contributed by atoms with Gasteiger partial charge in [-0.25, -0.2) is 0 Å². The maximum atomic E-state index is 11.6. The van der Waals surface area contributed by atoms with Gasteiger partial charge in [-0.3, -0.25) is 9.59 Å². The Morgan fingerprint density at radius 2 is 2.07 bits per heavy atom. The summed E-state index contributed by atoms with van der Waals surface area (Å²) >= 11 is 0. The van der Waals surface area contributed by atoms with Gasteiger partial charge < -0.3 is 10.0 Å². The number of carboxylic acids is 1. The van der Waals surface area contributed by atoms with Crippen molar-refractivity contribution in [3.8, 4) is 12.3 Å². The standard InChI is InChI=1S/C11H15NO3/c1-2-3-4-10(13)12(9-5-6-9)8-7-11(14)15/h1,9H,3-8H2,(H,14,15). The number of hydrogen-bond acceptors (Lipinski definition) is 2. The zero-order chi connectivity index (χ0) is 11.3. The van der Waals surface area contributed by atoms with E-state index in [1.165, 1.54) is 0 Å². The number of rotatable bonds is 6. The number of carbonyl (C=O) groups is 2. The molecule has 0 aromatic rings. The predicted octanol–water partition coefficient (Wildman–Crippen LogP) is 0.865. The number of carboxylic acid groups (broad SMARTS) is 1. The van der Waals surface area contributed by atoms with E-state index >= 15 is 0 Å². The summed E-state index contributed by atoms with van der Waals surface area (Å²) in [5.74, 6) is 1.53. The molecule has 0 radical (unpaired) electrons. The minimum Gasteiger partial charge on any atom is -0.481 e. The van der Waals surface area contributed by atoms with Gasteiger partial charge in [0, 0.05) is 25.4 Å². The average molecular weight is 209 g/mol. The van der Waals surface area contributed by atoms with Crippen molar-refractivity contribution < 1.29 is 14.7 Å². The van der Waals surface area contributed by atoms with Crippen LogP contribution in [-0.2, 0) is 9.59 Å². The molecule has 1 rings (SSSR count). The fourth-order valence-electron chi connectivity index (χ4n) is 1.44. The Labute approximate surface area is 89.3 Å². The van der Waals surface area contributed by atoms with Crippen LogP contribution in [-0.4, -0.2) is 34.5 Å². The van der Waals surface area contributed by atoms with Gasteiger partial charge in [0.1, 0.15) is 0 Å². The molecule has 0 heterocycles. The van der Waals surface area contributed by atoms with Crippen molar-refractivity contribution in [2.24, 2.45) is 0 Å². The number of amides is 1. The molecule has 4 heteroatoms. The molecule has 15 heavy (non-hydrogen) atoms. The van der Waals surface area contributed by atoms with Crippen LogP contribution >= 0.6 is 0 Å². The van der Waals surface area contributed by atoms with E-state index in [2.05, 4.69) is 5.92 Å². The Bertz CT molecular complexity index is 289.